The van der Waals surface area contributed by atoms with Gasteiger partial charge >= 0.3 is 0 Å². The van der Waals surface area contributed by atoms with Gasteiger partial charge in [-0.05, 0) is 31.4 Å². The number of hydrogen-bond donors (Lipinski definition) is 2. The van der Waals surface area contributed by atoms with Gasteiger partial charge in [-0.15, -0.1) is 0 Å². The van der Waals surface area contributed by atoms with E-state index in [9.17, 15) is 9.59 Å². The molecule has 0 spiro atoms. The molecule has 1 aliphatic rings. The number of rotatable bonds is 4. The molecule has 150 valence electrons. The topological polar surface area (TPSA) is 83.0 Å². The number of piperidine rings is 1. The minimum Gasteiger partial charge on any atom is -0.367 e. The van der Waals surface area contributed by atoms with E-state index in [0.29, 0.717) is 6.54 Å². The summed E-state index contributed by atoms with van der Waals surface area (Å²) in [6.45, 7) is 3.48. The van der Waals surface area contributed by atoms with Gasteiger partial charge in [0, 0.05) is 43.6 Å². The van der Waals surface area contributed by atoms with Crippen LogP contribution in [0, 0.1) is 6.92 Å². The molecule has 1 atom stereocenters. The van der Waals surface area contributed by atoms with Gasteiger partial charge < -0.3 is 15.2 Å². The number of nitrogens with one attached hydrogen (secondary N) is 2. The molecule has 2 N–H and O–H groups in total. The Morgan fingerprint density at radius 1 is 1.28 bits per heavy atom. The van der Waals surface area contributed by atoms with E-state index in [0.717, 1.165) is 41.9 Å². The standard InChI is InChI=1S/C22H25N5O2/c1-15-19(16-7-4-3-5-8-16)11-20(21(28)24-15)22(29)25-17-9-6-10-27(13-17)18-12-23-26(2)14-18/h3-5,7-8,11-12,14,17H,6,9-10,13H2,1-2H3,(H,24,28)(H,25,29). The summed E-state index contributed by atoms with van der Waals surface area (Å²) in [7, 11) is 1.89. The molecule has 1 aliphatic heterocycles. The largest absolute Gasteiger partial charge is 0.367 e. The van der Waals surface area contributed by atoms with E-state index in [1.807, 2.05) is 56.7 Å². The van der Waals surface area contributed by atoms with Crippen LogP contribution in [0.3, 0.4) is 0 Å². The number of aromatic nitrogens is 3. The molecule has 1 fully saturated rings. The van der Waals surface area contributed by atoms with Crippen molar-refractivity contribution in [2.75, 3.05) is 18.0 Å². The SMILES string of the molecule is Cc1[nH]c(=O)c(C(=O)NC2CCCN(c3cnn(C)c3)C2)cc1-c1ccccc1. The summed E-state index contributed by atoms with van der Waals surface area (Å²) in [5.74, 6) is -0.332. The van der Waals surface area contributed by atoms with E-state index in [1.165, 1.54) is 0 Å². The lowest BCUT2D eigenvalue weighted by Crippen LogP contribution is -2.48. The predicted octanol–water partition coefficient (Wildman–Crippen LogP) is 2.48. The lowest BCUT2D eigenvalue weighted by atomic mass is 10.0. The van der Waals surface area contributed by atoms with Gasteiger partial charge in [-0.25, -0.2) is 0 Å². The van der Waals surface area contributed by atoms with Crippen molar-refractivity contribution >= 4 is 11.6 Å². The highest BCUT2D eigenvalue weighted by Crippen LogP contribution is 2.22. The van der Waals surface area contributed by atoms with E-state index >= 15 is 0 Å². The van der Waals surface area contributed by atoms with Gasteiger partial charge in [-0.1, -0.05) is 30.3 Å². The zero-order valence-corrected chi connectivity index (χ0v) is 16.7. The molecule has 1 saturated heterocycles. The predicted molar refractivity (Wildman–Crippen MR) is 113 cm³/mol. The summed E-state index contributed by atoms with van der Waals surface area (Å²) in [4.78, 5) is 30.4. The molecular formula is C22H25N5O2. The summed E-state index contributed by atoms with van der Waals surface area (Å²) in [6, 6.07) is 11.4. The molecule has 1 amide bonds. The third-order valence-corrected chi connectivity index (χ3v) is 5.38. The van der Waals surface area contributed by atoms with Gasteiger partial charge in [0.05, 0.1) is 11.9 Å². The second-order valence-electron chi connectivity index (χ2n) is 7.55. The molecule has 7 nitrogen and oxygen atoms in total. The molecule has 29 heavy (non-hydrogen) atoms. The average Bonchev–Trinajstić information content (AvgIpc) is 3.15. The lowest BCUT2D eigenvalue weighted by molar-refractivity contribution is 0.0931. The summed E-state index contributed by atoms with van der Waals surface area (Å²) in [5.41, 5.74) is 3.41. The highest BCUT2D eigenvalue weighted by Gasteiger charge is 2.24. The first-order chi connectivity index (χ1) is 14.0. The van der Waals surface area contributed by atoms with Crippen LogP contribution in [0.1, 0.15) is 28.9 Å². The van der Waals surface area contributed by atoms with Crippen molar-refractivity contribution in [3.05, 3.63) is 70.4 Å². The van der Waals surface area contributed by atoms with Crippen LogP contribution in [-0.2, 0) is 7.05 Å². The van der Waals surface area contributed by atoms with Crippen LogP contribution in [0.5, 0.6) is 0 Å². The minimum atomic E-state index is -0.361. The normalized spacial score (nSPS) is 16.6. The Balaban J connectivity index is 1.53. The van der Waals surface area contributed by atoms with Crippen molar-refractivity contribution < 1.29 is 4.79 Å². The fraction of sp³-hybridized carbons (Fsp3) is 0.318. The lowest BCUT2D eigenvalue weighted by Gasteiger charge is -2.33. The number of carbonyl (C=O) groups excluding carboxylic acids is 1. The third kappa shape index (κ3) is 4.08. The smallest absolute Gasteiger partial charge is 0.261 e. The molecule has 4 rings (SSSR count). The number of aromatic amines is 1. The molecule has 0 bridgehead atoms. The quantitative estimate of drug-likeness (QED) is 0.716. The van der Waals surface area contributed by atoms with Crippen molar-refractivity contribution in [1.82, 2.24) is 20.1 Å². The van der Waals surface area contributed by atoms with Gasteiger partial charge in [0.1, 0.15) is 5.56 Å². The monoisotopic (exact) mass is 391 g/mol. The first-order valence-electron chi connectivity index (χ1n) is 9.85. The van der Waals surface area contributed by atoms with E-state index in [1.54, 1.807) is 10.7 Å². The Morgan fingerprint density at radius 2 is 2.07 bits per heavy atom. The number of aryl methyl sites for hydroxylation is 2. The number of anilines is 1. The maximum absolute atomic E-state index is 12.9. The highest BCUT2D eigenvalue weighted by atomic mass is 16.2. The summed E-state index contributed by atoms with van der Waals surface area (Å²) >= 11 is 0. The number of amides is 1. The van der Waals surface area contributed by atoms with Crippen LogP contribution in [0.2, 0.25) is 0 Å². The molecule has 1 aromatic carbocycles. The fourth-order valence-electron chi connectivity index (χ4n) is 3.87. The van der Waals surface area contributed by atoms with E-state index < -0.39 is 0 Å². The van der Waals surface area contributed by atoms with Crippen LogP contribution in [0.15, 0.2) is 53.6 Å². The molecule has 0 radical (unpaired) electrons. The molecule has 0 saturated carbocycles. The molecule has 7 heteroatoms. The van der Waals surface area contributed by atoms with Gasteiger partial charge in [-0.2, -0.15) is 5.10 Å². The molecule has 2 aromatic heterocycles. The van der Waals surface area contributed by atoms with Gasteiger partial charge in [0.15, 0.2) is 0 Å². The van der Waals surface area contributed by atoms with Crippen molar-refractivity contribution in [3.63, 3.8) is 0 Å². The maximum Gasteiger partial charge on any atom is 0.261 e. The first-order valence-corrected chi connectivity index (χ1v) is 9.85. The molecule has 3 aromatic rings. The molecule has 3 heterocycles. The zero-order chi connectivity index (χ0) is 20.4. The number of nitrogens with zero attached hydrogens (tertiary/aromatic N) is 3. The van der Waals surface area contributed by atoms with Gasteiger partial charge in [0.2, 0.25) is 0 Å². The minimum absolute atomic E-state index is 0.0164. The number of benzene rings is 1. The van der Waals surface area contributed by atoms with Crippen molar-refractivity contribution in [2.24, 2.45) is 7.05 Å². The van der Waals surface area contributed by atoms with Crippen molar-refractivity contribution in [2.45, 2.75) is 25.8 Å². The molecule has 0 aliphatic carbocycles. The van der Waals surface area contributed by atoms with Gasteiger partial charge in [-0.3, -0.25) is 14.3 Å². The van der Waals surface area contributed by atoms with E-state index in [4.69, 9.17) is 0 Å². The van der Waals surface area contributed by atoms with Crippen LogP contribution in [0.4, 0.5) is 5.69 Å². The Bertz CT molecular complexity index is 1070. The van der Waals surface area contributed by atoms with Crippen LogP contribution < -0.4 is 15.8 Å². The summed E-state index contributed by atoms with van der Waals surface area (Å²) in [6.07, 6.45) is 5.67. The number of H-pyrrole nitrogens is 1. The van der Waals surface area contributed by atoms with Crippen LogP contribution in [-0.4, -0.2) is 39.8 Å². The third-order valence-electron chi connectivity index (χ3n) is 5.38. The summed E-state index contributed by atoms with van der Waals surface area (Å²) < 4.78 is 1.77. The first kappa shape index (κ1) is 19.0. The van der Waals surface area contributed by atoms with E-state index in [-0.39, 0.29) is 23.1 Å². The van der Waals surface area contributed by atoms with Gasteiger partial charge in [0.25, 0.3) is 11.5 Å². The van der Waals surface area contributed by atoms with Crippen molar-refractivity contribution in [3.8, 4) is 11.1 Å². The fourth-order valence-corrected chi connectivity index (χ4v) is 3.87. The Hall–Kier alpha value is -3.35. The van der Waals surface area contributed by atoms with Crippen LogP contribution in [0.25, 0.3) is 11.1 Å². The average molecular weight is 391 g/mol. The number of hydrogen-bond acceptors (Lipinski definition) is 4. The molecule has 1 unspecified atom stereocenters. The van der Waals surface area contributed by atoms with Crippen LogP contribution >= 0.6 is 0 Å². The number of carbonyl (C=O) groups is 1. The van der Waals surface area contributed by atoms with E-state index in [2.05, 4.69) is 20.3 Å². The Labute approximate surface area is 169 Å². The highest BCUT2D eigenvalue weighted by molar-refractivity contribution is 5.95. The number of pyridine rings is 1. The zero-order valence-electron chi connectivity index (χ0n) is 16.7. The van der Waals surface area contributed by atoms with Crippen molar-refractivity contribution in [1.29, 1.82) is 0 Å². The Morgan fingerprint density at radius 3 is 2.79 bits per heavy atom. The second kappa shape index (κ2) is 7.95. The maximum atomic E-state index is 12.9. The summed E-state index contributed by atoms with van der Waals surface area (Å²) in [5, 5.41) is 7.28. The Kier molecular flexibility index (Phi) is 5.20. The molecular weight excluding hydrogens is 366 g/mol. The second-order valence-corrected chi connectivity index (χ2v) is 7.55.